The van der Waals surface area contributed by atoms with Crippen molar-refractivity contribution in [1.82, 2.24) is 9.88 Å². The lowest BCUT2D eigenvalue weighted by Gasteiger charge is -2.33. The molecule has 19 heavy (non-hydrogen) atoms. The predicted molar refractivity (Wildman–Crippen MR) is 81.6 cm³/mol. The van der Waals surface area contributed by atoms with Gasteiger partial charge >= 0.3 is 0 Å². The van der Waals surface area contributed by atoms with Crippen LogP contribution in [0.25, 0.3) is 10.9 Å². The SMILES string of the molecule is Cc1[nH]c2ccccc2c1CCN1CCCC[C@@H]1C. The van der Waals surface area contributed by atoms with Gasteiger partial charge in [-0.2, -0.15) is 0 Å². The van der Waals surface area contributed by atoms with E-state index in [1.54, 1.807) is 0 Å². The molecule has 1 atom stereocenters. The molecule has 2 aromatic rings. The standard InChI is InChI=1S/C17H24N2/c1-13-7-5-6-11-19(13)12-10-15-14(2)18-17-9-4-3-8-16(15)17/h3-4,8-9,13,18H,5-7,10-12H2,1-2H3/t13-/m0/s1. The highest BCUT2D eigenvalue weighted by atomic mass is 15.2. The van der Waals surface area contributed by atoms with Crippen LogP contribution in [-0.4, -0.2) is 29.0 Å². The molecule has 1 aliphatic rings. The van der Waals surface area contributed by atoms with E-state index in [1.807, 2.05) is 0 Å². The van der Waals surface area contributed by atoms with Crippen LogP contribution in [0.4, 0.5) is 0 Å². The molecule has 0 aliphatic carbocycles. The van der Waals surface area contributed by atoms with E-state index in [0.717, 1.165) is 6.04 Å². The number of hydrogen-bond acceptors (Lipinski definition) is 1. The number of para-hydroxylation sites is 1. The lowest BCUT2D eigenvalue weighted by atomic mass is 10.0. The number of nitrogens with zero attached hydrogens (tertiary/aromatic N) is 1. The molecule has 0 spiro atoms. The first-order valence-corrected chi connectivity index (χ1v) is 7.56. The van der Waals surface area contributed by atoms with E-state index < -0.39 is 0 Å². The van der Waals surface area contributed by atoms with Crippen LogP contribution >= 0.6 is 0 Å². The minimum atomic E-state index is 0.763. The van der Waals surface area contributed by atoms with Crippen LogP contribution in [0.5, 0.6) is 0 Å². The molecule has 1 fully saturated rings. The van der Waals surface area contributed by atoms with Gasteiger partial charge in [0.05, 0.1) is 0 Å². The molecule has 1 saturated heterocycles. The first-order valence-electron chi connectivity index (χ1n) is 7.56. The van der Waals surface area contributed by atoms with Crippen LogP contribution in [0.3, 0.4) is 0 Å². The van der Waals surface area contributed by atoms with Gasteiger partial charge in [0, 0.05) is 29.2 Å². The maximum atomic E-state index is 3.51. The number of hydrogen-bond donors (Lipinski definition) is 1. The van der Waals surface area contributed by atoms with Gasteiger partial charge in [0.1, 0.15) is 0 Å². The monoisotopic (exact) mass is 256 g/mol. The zero-order chi connectivity index (χ0) is 13.2. The number of rotatable bonds is 3. The van der Waals surface area contributed by atoms with E-state index in [9.17, 15) is 0 Å². The van der Waals surface area contributed by atoms with Crippen molar-refractivity contribution in [2.45, 2.75) is 45.6 Å². The number of aromatic amines is 1. The second kappa shape index (κ2) is 5.38. The Balaban J connectivity index is 1.76. The fourth-order valence-corrected chi connectivity index (χ4v) is 3.40. The summed E-state index contributed by atoms with van der Waals surface area (Å²) in [5, 5.41) is 1.41. The van der Waals surface area contributed by atoms with Gasteiger partial charge in [0.15, 0.2) is 0 Å². The highest BCUT2D eigenvalue weighted by molar-refractivity contribution is 5.84. The number of fused-ring (bicyclic) bond motifs is 1. The van der Waals surface area contributed by atoms with Crippen LogP contribution in [0.15, 0.2) is 24.3 Å². The van der Waals surface area contributed by atoms with Crippen LogP contribution in [0.1, 0.15) is 37.4 Å². The maximum absolute atomic E-state index is 3.51. The van der Waals surface area contributed by atoms with Crippen molar-refractivity contribution in [2.24, 2.45) is 0 Å². The smallest absolute Gasteiger partial charge is 0.0458 e. The molecule has 0 bridgehead atoms. The summed E-state index contributed by atoms with van der Waals surface area (Å²) in [7, 11) is 0. The van der Waals surface area contributed by atoms with E-state index in [4.69, 9.17) is 0 Å². The van der Waals surface area contributed by atoms with Crippen molar-refractivity contribution in [3.05, 3.63) is 35.5 Å². The Labute approximate surface area is 115 Å². The zero-order valence-corrected chi connectivity index (χ0v) is 12.1. The second-order valence-electron chi connectivity index (χ2n) is 5.90. The molecule has 102 valence electrons. The number of likely N-dealkylation sites (tertiary alicyclic amines) is 1. The molecule has 0 saturated carbocycles. The lowest BCUT2D eigenvalue weighted by molar-refractivity contribution is 0.163. The molecule has 1 N–H and O–H groups in total. The molecule has 3 rings (SSSR count). The van der Waals surface area contributed by atoms with Crippen LogP contribution < -0.4 is 0 Å². The molecular weight excluding hydrogens is 232 g/mol. The molecule has 1 aromatic carbocycles. The largest absolute Gasteiger partial charge is 0.358 e. The topological polar surface area (TPSA) is 19.0 Å². The third-order valence-electron chi connectivity index (χ3n) is 4.62. The Kier molecular flexibility index (Phi) is 3.61. The summed E-state index contributed by atoms with van der Waals surface area (Å²) in [6.07, 6.45) is 5.31. The maximum Gasteiger partial charge on any atom is 0.0458 e. The third kappa shape index (κ3) is 2.55. The van der Waals surface area contributed by atoms with Crippen molar-refractivity contribution in [3.63, 3.8) is 0 Å². The molecule has 2 heteroatoms. The fraction of sp³-hybridized carbons (Fsp3) is 0.529. The Morgan fingerprint density at radius 1 is 1.26 bits per heavy atom. The number of aryl methyl sites for hydroxylation is 1. The van der Waals surface area contributed by atoms with Crippen molar-refractivity contribution < 1.29 is 0 Å². The van der Waals surface area contributed by atoms with Crippen LogP contribution in [0, 0.1) is 6.92 Å². The first-order chi connectivity index (χ1) is 9.25. The van der Waals surface area contributed by atoms with Crippen molar-refractivity contribution >= 4 is 10.9 Å². The molecule has 0 amide bonds. The number of aromatic nitrogens is 1. The van der Waals surface area contributed by atoms with Gasteiger partial charge < -0.3 is 9.88 Å². The van der Waals surface area contributed by atoms with E-state index in [2.05, 4.69) is 48.0 Å². The summed E-state index contributed by atoms with van der Waals surface area (Å²) in [6.45, 7) is 7.06. The summed E-state index contributed by atoms with van der Waals surface area (Å²) in [6, 6.07) is 9.43. The minimum Gasteiger partial charge on any atom is -0.358 e. The van der Waals surface area contributed by atoms with Gasteiger partial charge in [-0.05, 0) is 51.3 Å². The van der Waals surface area contributed by atoms with Gasteiger partial charge in [-0.3, -0.25) is 0 Å². The molecule has 2 heterocycles. The summed E-state index contributed by atoms with van der Waals surface area (Å²) in [4.78, 5) is 6.16. The lowest BCUT2D eigenvalue weighted by Crippen LogP contribution is -2.38. The van der Waals surface area contributed by atoms with Crippen LogP contribution in [-0.2, 0) is 6.42 Å². The number of nitrogens with one attached hydrogen (secondary N) is 1. The molecule has 0 unspecified atom stereocenters. The third-order valence-corrected chi connectivity index (χ3v) is 4.62. The Morgan fingerprint density at radius 3 is 2.95 bits per heavy atom. The van der Waals surface area contributed by atoms with Crippen molar-refractivity contribution in [2.75, 3.05) is 13.1 Å². The van der Waals surface area contributed by atoms with Gasteiger partial charge in [0.25, 0.3) is 0 Å². The quantitative estimate of drug-likeness (QED) is 0.882. The molecular formula is C17H24N2. The van der Waals surface area contributed by atoms with Crippen molar-refractivity contribution in [1.29, 1.82) is 0 Å². The van der Waals surface area contributed by atoms with E-state index in [0.29, 0.717) is 0 Å². The van der Waals surface area contributed by atoms with Crippen LogP contribution in [0.2, 0.25) is 0 Å². The van der Waals surface area contributed by atoms with Gasteiger partial charge in [-0.25, -0.2) is 0 Å². The highest BCUT2D eigenvalue weighted by Gasteiger charge is 2.18. The van der Waals surface area contributed by atoms with E-state index in [-0.39, 0.29) is 0 Å². The summed E-state index contributed by atoms with van der Waals surface area (Å²) < 4.78 is 0. The number of benzene rings is 1. The summed E-state index contributed by atoms with van der Waals surface area (Å²) in [5.41, 5.74) is 4.13. The number of H-pyrrole nitrogens is 1. The van der Waals surface area contributed by atoms with E-state index >= 15 is 0 Å². The Bertz CT molecular complexity index is 555. The van der Waals surface area contributed by atoms with E-state index in [1.165, 1.54) is 60.9 Å². The summed E-state index contributed by atoms with van der Waals surface area (Å²) in [5.74, 6) is 0. The predicted octanol–water partition coefficient (Wildman–Crippen LogP) is 3.89. The fourth-order valence-electron chi connectivity index (χ4n) is 3.40. The first kappa shape index (κ1) is 12.7. The molecule has 1 aromatic heterocycles. The normalized spacial score (nSPS) is 21.1. The summed E-state index contributed by atoms with van der Waals surface area (Å²) >= 11 is 0. The Hall–Kier alpha value is -1.28. The highest BCUT2D eigenvalue weighted by Crippen LogP contribution is 2.23. The molecule has 1 aliphatic heterocycles. The average Bonchev–Trinajstić information content (AvgIpc) is 2.74. The second-order valence-corrected chi connectivity index (χ2v) is 5.90. The molecule has 2 nitrogen and oxygen atoms in total. The van der Waals surface area contributed by atoms with Gasteiger partial charge in [-0.15, -0.1) is 0 Å². The van der Waals surface area contributed by atoms with Gasteiger partial charge in [0.2, 0.25) is 0 Å². The van der Waals surface area contributed by atoms with Gasteiger partial charge in [-0.1, -0.05) is 24.6 Å². The average molecular weight is 256 g/mol. The Morgan fingerprint density at radius 2 is 2.11 bits per heavy atom. The minimum absolute atomic E-state index is 0.763. The molecule has 0 radical (unpaired) electrons. The number of piperidine rings is 1. The van der Waals surface area contributed by atoms with Crippen molar-refractivity contribution in [3.8, 4) is 0 Å². The zero-order valence-electron chi connectivity index (χ0n) is 12.1.